The van der Waals surface area contributed by atoms with E-state index < -0.39 is 0 Å². The Balaban J connectivity index is 2.30. The van der Waals surface area contributed by atoms with Gasteiger partial charge in [0.1, 0.15) is 0 Å². The molecule has 0 aromatic rings. The Morgan fingerprint density at radius 1 is 0.750 bits per heavy atom. The summed E-state index contributed by atoms with van der Waals surface area (Å²) >= 11 is 0. The number of hydrogen-bond donors (Lipinski definition) is 0. The van der Waals surface area contributed by atoms with Crippen LogP contribution in [0.3, 0.4) is 0 Å². The number of hydrogen-bond acceptors (Lipinski definition) is 0. The average molecular weight is 161 g/mol. The van der Waals surface area contributed by atoms with Crippen molar-refractivity contribution >= 4 is 0 Å². The van der Waals surface area contributed by atoms with E-state index in [9.17, 15) is 0 Å². The molecule has 0 saturated heterocycles. The summed E-state index contributed by atoms with van der Waals surface area (Å²) in [5, 5.41) is 0. The van der Waals surface area contributed by atoms with Crippen LogP contribution in [0, 0.1) is 6.08 Å². The fraction of sp³-hybridized carbons (Fsp3) is 0.500. The second kappa shape index (κ2) is 6.90. The van der Waals surface area contributed by atoms with E-state index in [1.165, 1.54) is 32.1 Å². The van der Waals surface area contributed by atoms with Gasteiger partial charge in [0.05, 0.1) is 0 Å². The third kappa shape index (κ3) is 4.95. The molecule has 65 valence electrons. The van der Waals surface area contributed by atoms with E-state index >= 15 is 0 Å². The minimum absolute atomic E-state index is 1.16. The summed E-state index contributed by atoms with van der Waals surface area (Å²) in [6, 6.07) is 0. The van der Waals surface area contributed by atoms with E-state index in [0.717, 1.165) is 6.42 Å². The summed E-state index contributed by atoms with van der Waals surface area (Å²) in [5.74, 6) is 0. The van der Waals surface area contributed by atoms with Crippen molar-refractivity contribution in [2.24, 2.45) is 0 Å². The number of rotatable bonds is 0. The molecule has 0 fully saturated rings. The fourth-order valence-electron chi connectivity index (χ4n) is 1.23. The number of allylic oxidation sites excluding steroid dienone is 6. The molecule has 1 aliphatic rings. The van der Waals surface area contributed by atoms with Crippen LogP contribution in [-0.2, 0) is 0 Å². The summed E-state index contributed by atoms with van der Waals surface area (Å²) in [6.07, 6.45) is 21.5. The van der Waals surface area contributed by atoms with Gasteiger partial charge in [0.25, 0.3) is 0 Å². The zero-order valence-corrected chi connectivity index (χ0v) is 7.63. The van der Waals surface area contributed by atoms with Crippen molar-refractivity contribution in [1.82, 2.24) is 0 Å². The smallest absolute Gasteiger partial charge is 0.0230 e. The van der Waals surface area contributed by atoms with E-state index in [0.29, 0.717) is 0 Å². The molecular formula is C12H17. The van der Waals surface area contributed by atoms with E-state index in [2.05, 4.69) is 30.4 Å². The molecule has 0 bridgehead atoms. The topological polar surface area (TPSA) is 0 Å². The van der Waals surface area contributed by atoms with Crippen LogP contribution in [0.2, 0.25) is 0 Å². The Labute approximate surface area is 75.7 Å². The molecule has 0 atom stereocenters. The molecule has 0 N–H and O–H groups in total. The first kappa shape index (κ1) is 9.31. The van der Waals surface area contributed by atoms with Gasteiger partial charge in [-0.05, 0) is 44.6 Å². The first-order valence-corrected chi connectivity index (χ1v) is 4.88. The molecule has 0 heterocycles. The molecule has 1 aliphatic carbocycles. The Hall–Kier alpha value is -0.780. The molecule has 0 nitrogen and oxygen atoms in total. The van der Waals surface area contributed by atoms with Gasteiger partial charge in [0, 0.05) is 0 Å². The van der Waals surface area contributed by atoms with Crippen LogP contribution >= 0.6 is 0 Å². The lowest BCUT2D eigenvalue weighted by Gasteiger charge is -1.93. The van der Waals surface area contributed by atoms with Gasteiger partial charge in [-0.2, -0.15) is 0 Å². The van der Waals surface area contributed by atoms with Crippen molar-refractivity contribution in [3.63, 3.8) is 0 Å². The van der Waals surface area contributed by atoms with Gasteiger partial charge in [-0.25, -0.2) is 0 Å². The zero-order valence-electron chi connectivity index (χ0n) is 7.63. The molecule has 12 heavy (non-hydrogen) atoms. The summed E-state index contributed by atoms with van der Waals surface area (Å²) in [5.41, 5.74) is 0. The van der Waals surface area contributed by atoms with E-state index in [1.54, 1.807) is 0 Å². The molecule has 0 aromatic heterocycles. The van der Waals surface area contributed by atoms with Gasteiger partial charge in [-0.15, -0.1) is 0 Å². The van der Waals surface area contributed by atoms with Gasteiger partial charge in [0.2, 0.25) is 0 Å². The third-order valence-corrected chi connectivity index (χ3v) is 1.96. The van der Waals surface area contributed by atoms with Crippen molar-refractivity contribution in [3.05, 3.63) is 36.5 Å². The second-order valence-electron chi connectivity index (χ2n) is 3.11. The highest BCUT2D eigenvalue weighted by molar-refractivity contribution is 4.96. The standard InChI is InChI=1S/C12H17/c1-2-4-6-8-10-12-11-9-7-5-3-1/h1-2,9-11H,3-8H2/b2-1+,11-9+,12-10?. The van der Waals surface area contributed by atoms with Crippen LogP contribution in [0.25, 0.3) is 0 Å². The van der Waals surface area contributed by atoms with Crippen LogP contribution in [0.1, 0.15) is 38.5 Å². The van der Waals surface area contributed by atoms with Gasteiger partial charge in [-0.1, -0.05) is 30.4 Å². The normalized spacial score (nSPS) is 28.0. The van der Waals surface area contributed by atoms with Crippen LogP contribution in [-0.4, -0.2) is 0 Å². The highest BCUT2D eigenvalue weighted by atomic mass is 13.9. The molecule has 1 radical (unpaired) electrons. The Morgan fingerprint density at radius 3 is 2.25 bits per heavy atom. The maximum Gasteiger partial charge on any atom is -0.0230 e. The van der Waals surface area contributed by atoms with Crippen molar-refractivity contribution in [3.8, 4) is 0 Å². The SMILES string of the molecule is [C]1=C\CCC/C=C/CCC/C=C/1. The maximum absolute atomic E-state index is 3.17. The molecular weight excluding hydrogens is 144 g/mol. The fourth-order valence-corrected chi connectivity index (χ4v) is 1.23. The Bertz CT molecular complexity index is 152. The highest BCUT2D eigenvalue weighted by Crippen LogP contribution is 2.03. The predicted molar refractivity (Wildman–Crippen MR) is 53.8 cm³/mol. The van der Waals surface area contributed by atoms with E-state index in [1.807, 2.05) is 6.08 Å². The first-order valence-electron chi connectivity index (χ1n) is 4.88. The third-order valence-electron chi connectivity index (χ3n) is 1.96. The second-order valence-corrected chi connectivity index (χ2v) is 3.11. The summed E-state index contributed by atoms with van der Waals surface area (Å²) in [6.45, 7) is 0. The first-order chi connectivity index (χ1) is 6.00. The van der Waals surface area contributed by atoms with Crippen molar-refractivity contribution < 1.29 is 0 Å². The minimum Gasteiger partial charge on any atom is -0.0885 e. The van der Waals surface area contributed by atoms with Crippen LogP contribution in [0.5, 0.6) is 0 Å². The lowest BCUT2D eigenvalue weighted by atomic mass is 10.1. The van der Waals surface area contributed by atoms with Crippen molar-refractivity contribution in [2.45, 2.75) is 38.5 Å². The maximum atomic E-state index is 3.17. The molecule has 0 amide bonds. The summed E-state index contributed by atoms with van der Waals surface area (Å²) in [4.78, 5) is 0. The molecule has 0 aliphatic heterocycles. The molecule has 0 heteroatoms. The highest BCUT2D eigenvalue weighted by Gasteiger charge is 1.83. The lowest BCUT2D eigenvalue weighted by molar-refractivity contribution is 0.837. The molecule has 1 rings (SSSR count). The van der Waals surface area contributed by atoms with Gasteiger partial charge in [0.15, 0.2) is 0 Å². The van der Waals surface area contributed by atoms with Gasteiger partial charge < -0.3 is 0 Å². The zero-order chi connectivity index (χ0) is 8.49. The largest absolute Gasteiger partial charge is 0.0885 e. The summed E-state index contributed by atoms with van der Waals surface area (Å²) < 4.78 is 0. The Kier molecular flexibility index (Phi) is 5.35. The summed E-state index contributed by atoms with van der Waals surface area (Å²) in [7, 11) is 0. The van der Waals surface area contributed by atoms with Crippen LogP contribution < -0.4 is 0 Å². The van der Waals surface area contributed by atoms with Crippen molar-refractivity contribution in [1.29, 1.82) is 0 Å². The van der Waals surface area contributed by atoms with Gasteiger partial charge in [-0.3, -0.25) is 0 Å². The van der Waals surface area contributed by atoms with E-state index in [4.69, 9.17) is 0 Å². The monoisotopic (exact) mass is 161 g/mol. The molecule has 0 spiro atoms. The Morgan fingerprint density at radius 2 is 1.42 bits per heavy atom. The average Bonchev–Trinajstić information content (AvgIpc) is 2.05. The molecule has 0 saturated carbocycles. The molecule has 0 unspecified atom stereocenters. The van der Waals surface area contributed by atoms with Crippen LogP contribution in [0.15, 0.2) is 30.4 Å². The lowest BCUT2D eigenvalue weighted by Crippen LogP contribution is -1.73. The van der Waals surface area contributed by atoms with Crippen LogP contribution in [0.4, 0.5) is 0 Å². The quantitative estimate of drug-likeness (QED) is 0.474. The minimum atomic E-state index is 1.16. The molecule has 0 aromatic carbocycles. The van der Waals surface area contributed by atoms with Gasteiger partial charge >= 0.3 is 0 Å². The van der Waals surface area contributed by atoms with E-state index in [-0.39, 0.29) is 0 Å². The van der Waals surface area contributed by atoms with Crippen molar-refractivity contribution in [2.75, 3.05) is 0 Å². The predicted octanol–water partition coefficient (Wildman–Crippen LogP) is 3.81.